The fraction of sp³-hybridized carbons (Fsp3) is 1.00. The van der Waals surface area contributed by atoms with Gasteiger partial charge in [0.1, 0.15) is 0 Å². The second-order valence-electron chi connectivity index (χ2n) is 3.62. The van der Waals surface area contributed by atoms with Gasteiger partial charge >= 0.3 is 0 Å². The Kier molecular flexibility index (Phi) is 9.03. The fourth-order valence-corrected chi connectivity index (χ4v) is 1.38. The number of rotatable bonds is 8. The molecule has 2 nitrogen and oxygen atoms in total. The van der Waals surface area contributed by atoms with Crippen molar-refractivity contribution in [3.8, 4) is 0 Å². The number of ether oxygens (including phenoxy) is 1. The third-order valence-corrected chi connectivity index (χ3v) is 2.04. The number of thiol groups is 1. The highest BCUT2D eigenvalue weighted by atomic mass is 32.1. The Labute approximate surface area is 88.1 Å². The van der Waals surface area contributed by atoms with Crippen LogP contribution in [0.1, 0.15) is 20.8 Å². The van der Waals surface area contributed by atoms with E-state index >= 15 is 0 Å². The van der Waals surface area contributed by atoms with Crippen molar-refractivity contribution in [3.63, 3.8) is 0 Å². The summed E-state index contributed by atoms with van der Waals surface area (Å²) in [5.74, 6) is 1.56. The lowest BCUT2D eigenvalue weighted by Crippen LogP contribution is -2.31. The summed E-state index contributed by atoms with van der Waals surface area (Å²) in [4.78, 5) is 2.42. The smallest absolute Gasteiger partial charge is 0.0593 e. The van der Waals surface area contributed by atoms with Gasteiger partial charge in [0.05, 0.1) is 13.2 Å². The molecule has 0 radical (unpaired) electrons. The average molecular weight is 205 g/mol. The molecule has 0 fully saturated rings. The molecule has 0 N–H and O–H groups in total. The molecule has 0 heterocycles. The molecule has 0 saturated carbocycles. The average Bonchev–Trinajstić information content (AvgIpc) is 2.09. The summed E-state index contributed by atoms with van der Waals surface area (Å²) in [6.07, 6.45) is 0. The van der Waals surface area contributed by atoms with Crippen LogP contribution in [0, 0.1) is 5.92 Å². The molecule has 13 heavy (non-hydrogen) atoms. The summed E-state index contributed by atoms with van der Waals surface area (Å²) in [6.45, 7) is 11.6. The molecule has 0 bridgehead atoms. The first-order chi connectivity index (χ1) is 6.20. The van der Waals surface area contributed by atoms with E-state index in [1.165, 1.54) is 6.54 Å². The SMILES string of the molecule is CCN(CCOCCS)CC(C)C. The Hall–Kier alpha value is 0.270. The Bertz CT molecular complexity index is 109. The second kappa shape index (κ2) is 8.85. The van der Waals surface area contributed by atoms with Crippen LogP contribution in [0.4, 0.5) is 0 Å². The summed E-state index contributed by atoms with van der Waals surface area (Å²) >= 11 is 4.09. The van der Waals surface area contributed by atoms with E-state index in [9.17, 15) is 0 Å². The molecule has 0 aromatic heterocycles. The Morgan fingerprint density at radius 2 is 2.00 bits per heavy atom. The zero-order chi connectivity index (χ0) is 10.1. The zero-order valence-corrected chi connectivity index (χ0v) is 10.0. The van der Waals surface area contributed by atoms with Crippen LogP contribution in [0.15, 0.2) is 0 Å². The van der Waals surface area contributed by atoms with E-state index in [1.54, 1.807) is 0 Å². The summed E-state index contributed by atoms with van der Waals surface area (Å²) in [5, 5.41) is 0. The summed E-state index contributed by atoms with van der Waals surface area (Å²) < 4.78 is 5.38. The van der Waals surface area contributed by atoms with Crippen molar-refractivity contribution in [1.29, 1.82) is 0 Å². The predicted molar refractivity (Wildman–Crippen MR) is 61.6 cm³/mol. The van der Waals surface area contributed by atoms with Gasteiger partial charge in [-0.15, -0.1) is 0 Å². The highest BCUT2D eigenvalue weighted by Gasteiger charge is 2.03. The summed E-state index contributed by atoms with van der Waals surface area (Å²) in [7, 11) is 0. The van der Waals surface area contributed by atoms with Crippen molar-refractivity contribution in [3.05, 3.63) is 0 Å². The lowest BCUT2D eigenvalue weighted by molar-refractivity contribution is 0.112. The van der Waals surface area contributed by atoms with Crippen LogP contribution in [0.25, 0.3) is 0 Å². The molecule has 0 rings (SSSR count). The first-order valence-corrected chi connectivity index (χ1v) is 5.74. The van der Waals surface area contributed by atoms with Crippen LogP contribution in [0.2, 0.25) is 0 Å². The van der Waals surface area contributed by atoms with Gasteiger partial charge in [0.2, 0.25) is 0 Å². The van der Waals surface area contributed by atoms with E-state index in [2.05, 4.69) is 38.3 Å². The lowest BCUT2D eigenvalue weighted by Gasteiger charge is -2.22. The molecule has 0 amide bonds. The normalized spacial score (nSPS) is 11.5. The molecule has 0 aliphatic heterocycles. The van der Waals surface area contributed by atoms with Gasteiger partial charge in [0.15, 0.2) is 0 Å². The summed E-state index contributed by atoms with van der Waals surface area (Å²) in [5.41, 5.74) is 0. The molecule has 0 aliphatic rings. The van der Waals surface area contributed by atoms with Gasteiger partial charge < -0.3 is 9.64 Å². The predicted octanol–water partition coefficient (Wildman–Crippen LogP) is 1.91. The molecule has 0 aliphatic carbocycles. The van der Waals surface area contributed by atoms with Crippen LogP contribution in [0.5, 0.6) is 0 Å². The van der Waals surface area contributed by atoms with Gasteiger partial charge in [-0.05, 0) is 12.5 Å². The molecular weight excluding hydrogens is 182 g/mol. The Morgan fingerprint density at radius 3 is 2.46 bits per heavy atom. The first-order valence-electron chi connectivity index (χ1n) is 5.11. The van der Waals surface area contributed by atoms with Crippen molar-refractivity contribution in [2.24, 2.45) is 5.92 Å². The van der Waals surface area contributed by atoms with E-state index in [0.717, 1.165) is 38.0 Å². The topological polar surface area (TPSA) is 12.5 Å². The van der Waals surface area contributed by atoms with Gasteiger partial charge in [0, 0.05) is 18.8 Å². The molecule has 0 aromatic rings. The van der Waals surface area contributed by atoms with E-state index in [0.29, 0.717) is 0 Å². The Morgan fingerprint density at radius 1 is 1.31 bits per heavy atom. The van der Waals surface area contributed by atoms with Gasteiger partial charge in [0.25, 0.3) is 0 Å². The van der Waals surface area contributed by atoms with Crippen LogP contribution in [-0.4, -0.2) is 43.5 Å². The maximum absolute atomic E-state index is 5.38. The maximum Gasteiger partial charge on any atom is 0.0593 e. The van der Waals surface area contributed by atoms with E-state index < -0.39 is 0 Å². The number of hydrogen-bond donors (Lipinski definition) is 1. The zero-order valence-electron chi connectivity index (χ0n) is 9.12. The molecule has 0 saturated heterocycles. The van der Waals surface area contributed by atoms with Crippen molar-refractivity contribution in [1.82, 2.24) is 4.90 Å². The number of nitrogens with zero attached hydrogens (tertiary/aromatic N) is 1. The molecule has 0 unspecified atom stereocenters. The highest BCUT2D eigenvalue weighted by molar-refractivity contribution is 7.80. The second-order valence-corrected chi connectivity index (χ2v) is 4.07. The molecule has 0 atom stereocenters. The highest BCUT2D eigenvalue weighted by Crippen LogP contribution is 1.97. The van der Waals surface area contributed by atoms with Crippen LogP contribution in [-0.2, 0) is 4.74 Å². The number of hydrogen-bond acceptors (Lipinski definition) is 3. The molecule has 80 valence electrons. The quantitative estimate of drug-likeness (QED) is 0.480. The molecule has 3 heteroatoms. The van der Waals surface area contributed by atoms with E-state index in [-0.39, 0.29) is 0 Å². The van der Waals surface area contributed by atoms with Gasteiger partial charge in [-0.2, -0.15) is 12.6 Å². The minimum atomic E-state index is 0.741. The van der Waals surface area contributed by atoms with E-state index in [1.807, 2.05) is 0 Å². The third kappa shape index (κ3) is 8.60. The van der Waals surface area contributed by atoms with Crippen molar-refractivity contribution >= 4 is 12.6 Å². The lowest BCUT2D eigenvalue weighted by atomic mass is 10.2. The van der Waals surface area contributed by atoms with Crippen LogP contribution in [0.3, 0.4) is 0 Å². The van der Waals surface area contributed by atoms with Crippen LogP contribution >= 0.6 is 12.6 Å². The van der Waals surface area contributed by atoms with E-state index in [4.69, 9.17) is 4.74 Å². The molecule has 0 spiro atoms. The fourth-order valence-electron chi connectivity index (χ4n) is 1.26. The van der Waals surface area contributed by atoms with Crippen molar-refractivity contribution in [2.45, 2.75) is 20.8 Å². The third-order valence-electron chi connectivity index (χ3n) is 1.86. The minimum Gasteiger partial charge on any atom is -0.379 e. The van der Waals surface area contributed by atoms with Crippen molar-refractivity contribution < 1.29 is 4.74 Å². The first kappa shape index (κ1) is 13.3. The monoisotopic (exact) mass is 205 g/mol. The van der Waals surface area contributed by atoms with Crippen LogP contribution < -0.4 is 0 Å². The van der Waals surface area contributed by atoms with Crippen molar-refractivity contribution in [2.75, 3.05) is 38.6 Å². The molecule has 0 aromatic carbocycles. The molecular formula is C10H23NOS. The van der Waals surface area contributed by atoms with Gasteiger partial charge in [-0.25, -0.2) is 0 Å². The van der Waals surface area contributed by atoms with Gasteiger partial charge in [-0.3, -0.25) is 0 Å². The number of likely N-dealkylation sites (N-methyl/N-ethyl adjacent to an activating group) is 1. The summed E-state index contributed by atoms with van der Waals surface area (Å²) in [6, 6.07) is 0. The minimum absolute atomic E-state index is 0.741. The van der Waals surface area contributed by atoms with Gasteiger partial charge in [-0.1, -0.05) is 20.8 Å². The Balaban J connectivity index is 3.36. The standard InChI is InChI=1S/C10H23NOS/c1-4-11(9-10(2)3)5-6-12-7-8-13/h10,13H,4-9H2,1-3H3. The maximum atomic E-state index is 5.38. The largest absolute Gasteiger partial charge is 0.379 e.